The van der Waals surface area contributed by atoms with Crippen LogP contribution >= 0.6 is 31.9 Å². The van der Waals surface area contributed by atoms with E-state index in [0.717, 1.165) is 36.4 Å². The minimum absolute atomic E-state index is 0.0130. The van der Waals surface area contributed by atoms with Gasteiger partial charge in [0.15, 0.2) is 6.10 Å². The monoisotopic (exact) mass is 590 g/mol. The molecule has 2 rings (SSSR count). The van der Waals surface area contributed by atoms with Crippen LogP contribution in [0, 0.1) is 11.6 Å². The number of alkyl halides is 4. The van der Waals surface area contributed by atoms with Crippen LogP contribution in [0.25, 0.3) is 0 Å². The zero-order valence-corrected chi connectivity index (χ0v) is 19.4. The van der Waals surface area contributed by atoms with Gasteiger partial charge in [0.2, 0.25) is 17.3 Å². The van der Waals surface area contributed by atoms with Gasteiger partial charge in [-0.25, -0.2) is 8.78 Å². The molecule has 0 spiro atoms. The third kappa shape index (κ3) is 6.48. The molecule has 0 bridgehead atoms. The Hall–Kier alpha value is -2.05. The SMILES string of the molecule is CC(=O)C(F)(F)C(=O)c1ccc(F)cc1Br.CC(=O)C(F)(F)C(O)c1ccc(F)cc1Br. The molecule has 0 aliphatic rings. The van der Waals surface area contributed by atoms with Crippen LogP contribution in [-0.4, -0.2) is 34.3 Å². The van der Waals surface area contributed by atoms with E-state index in [9.17, 15) is 45.8 Å². The van der Waals surface area contributed by atoms with Crippen molar-refractivity contribution >= 4 is 49.2 Å². The Morgan fingerprint density at radius 3 is 1.72 bits per heavy atom. The fourth-order valence-electron chi connectivity index (χ4n) is 2.11. The predicted octanol–water partition coefficient (Wildman–Crippen LogP) is 5.84. The van der Waals surface area contributed by atoms with Gasteiger partial charge in [-0.2, -0.15) is 17.6 Å². The third-order valence-electron chi connectivity index (χ3n) is 3.97. The Morgan fingerprint density at radius 1 is 0.844 bits per heavy atom. The Morgan fingerprint density at radius 2 is 1.31 bits per heavy atom. The Kier molecular flexibility index (Phi) is 9.37. The summed E-state index contributed by atoms with van der Waals surface area (Å²) in [5.74, 6) is -13.9. The maximum atomic E-state index is 13.2. The third-order valence-corrected chi connectivity index (χ3v) is 5.32. The van der Waals surface area contributed by atoms with Crippen LogP contribution in [0.2, 0.25) is 0 Å². The van der Waals surface area contributed by atoms with Gasteiger partial charge in [0.25, 0.3) is 0 Å². The first-order chi connectivity index (χ1) is 14.5. The van der Waals surface area contributed by atoms with Crippen molar-refractivity contribution in [3.63, 3.8) is 0 Å². The van der Waals surface area contributed by atoms with Crippen molar-refractivity contribution in [3.8, 4) is 0 Å². The second-order valence-corrected chi connectivity index (χ2v) is 8.04. The zero-order chi connectivity index (χ0) is 25.0. The molecule has 0 amide bonds. The van der Waals surface area contributed by atoms with Gasteiger partial charge in [0.05, 0.1) is 0 Å². The van der Waals surface area contributed by atoms with E-state index in [1.54, 1.807) is 0 Å². The molecule has 2 aromatic rings. The molecule has 1 N–H and O–H groups in total. The molecule has 0 radical (unpaired) electrons. The molecule has 0 aliphatic carbocycles. The predicted molar refractivity (Wildman–Crippen MR) is 109 cm³/mol. The molecule has 0 aliphatic heterocycles. The summed E-state index contributed by atoms with van der Waals surface area (Å²) in [5.41, 5.74) is -0.664. The minimum Gasteiger partial charge on any atom is -0.382 e. The highest BCUT2D eigenvalue weighted by atomic mass is 79.9. The van der Waals surface area contributed by atoms with Gasteiger partial charge >= 0.3 is 11.8 Å². The molecule has 0 fully saturated rings. The van der Waals surface area contributed by atoms with Crippen LogP contribution in [0.4, 0.5) is 26.3 Å². The summed E-state index contributed by atoms with van der Waals surface area (Å²) >= 11 is 5.63. The average Bonchev–Trinajstić information content (AvgIpc) is 2.67. The second-order valence-electron chi connectivity index (χ2n) is 6.33. The van der Waals surface area contributed by atoms with Crippen molar-refractivity contribution in [3.05, 3.63) is 68.1 Å². The molecule has 0 aromatic heterocycles. The van der Waals surface area contributed by atoms with Crippen molar-refractivity contribution in [2.24, 2.45) is 0 Å². The Labute approximate surface area is 194 Å². The normalized spacial score (nSPS) is 12.5. The number of hydrogen-bond donors (Lipinski definition) is 1. The summed E-state index contributed by atoms with van der Waals surface area (Å²) in [6, 6.07) is 5.52. The van der Waals surface area contributed by atoms with Gasteiger partial charge in [-0.3, -0.25) is 14.4 Å². The highest BCUT2D eigenvalue weighted by molar-refractivity contribution is 9.10. The van der Waals surface area contributed by atoms with E-state index in [1.807, 2.05) is 0 Å². The fraction of sp³-hybridized carbons (Fsp3) is 0.250. The molecular weight excluding hydrogens is 578 g/mol. The smallest absolute Gasteiger partial charge is 0.366 e. The number of Topliss-reactive ketones (excluding diaryl/α,β-unsaturated/α-hetero) is 3. The summed E-state index contributed by atoms with van der Waals surface area (Å²) in [6.45, 7) is 1.30. The number of aliphatic hydroxyl groups excluding tert-OH is 1. The summed E-state index contributed by atoms with van der Waals surface area (Å²) in [6.07, 6.45) is -2.29. The van der Waals surface area contributed by atoms with Crippen LogP contribution in [0.3, 0.4) is 0 Å². The van der Waals surface area contributed by atoms with Crippen molar-refractivity contribution in [1.82, 2.24) is 0 Å². The molecule has 4 nitrogen and oxygen atoms in total. The van der Waals surface area contributed by atoms with E-state index in [4.69, 9.17) is 0 Å². The number of rotatable bonds is 6. The van der Waals surface area contributed by atoms with Gasteiger partial charge < -0.3 is 5.11 Å². The van der Waals surface area contributed by atoms with E-state index >= 15 is 0 Å². The number of benzene rings is 2. The van der Waals surface area contributed by atoms with Crippen molar-refractivity contribution in [2.45, 2.75) is 31.8 Å². The number of hydrogen-bond acceptors (Lipinski definition) is 4. The average molecular weight is 592 g/mol. The number of carbonyl (C=O) groups excluding carboxylic acids is 3. The molecule has 0 saturated heterocycles. The number of halogens is 8. The largest absolute Gasteiger partial charge is 0.382 e. The molecule has 2 aromatic carbocycles. The van der Waals surface area contributed by atoms with Crippen molar-refractivity contribution < 1.29 is 45.8 Å². The molecule has 0 saturated carbocycles. The molecule has 1 unspecified atom stereocenters. The Bertz CT molecular complexity index is 1040. The van der Waals surface area contributed by atoms with E-state index in [1.165, 1.54) is 0 Å². The van der Waals surface area contributed by atoms with Crippen LogP contribution < -0.4 is 0 Å². The highest BCUT2D eigenvalue weighted by Crippen LogP contribution is 2.36. The number of ketones is 3. The van der Waals surface area contributed by atoms with Gasteiger partial charge in [-0.05, 0) is 46.3 Å². The first-order valence-electron chi connectivity index (χ1n) is 8.44. The van der Waals surface area contributed by atoms with E-state index < -0.39 is 52.5 Å². The first kappa shape index (κ1) is 28.0. The number of carbonyl (C=O) groups is 3. The molecular formula is C20H14Br2F6O4. The van der Waals surface area contributed by atoms with Gasteiger partial charge in [0, 0.05) is 33.9 Å². The lowest BCUT2D eigenvalue weighted by atomic mass is 10.0. The molecule has 174 valence electrons. The lowest BCUT2D eigenvalue weighted by molar-refractivity contribution is -0.159. The summed E-state index contributed by atoms with van der Waals surface area (Å²) in [5, 5.41) is 9.37. The molecule has 1 atom stereocenters. The highest BCUT2D eigenvalue weighted by Gasteiger charge is 2.46. The summed E-state index contributed by atoms with van der Waals surface area (Å²) in [7, 11) is 0. The van der Waals surface area contributed by atoms with Gasteiger partial charge in [-0.1, -0.05) is 22.0 Å². The summed E-state index contributed by atoms with van der Waals surface area (Å²) < 4.78 is 77.8. The van der Waals surface area contributed by atoms with E-state index in [0.29, 0.717) is 13.8 Å². The molecule has 0 heterocycles. The first-order valence-corrected chi connectivity index (χ1v) is 10.0. The van der Waals surface area contributed by atoms with E-state index in [2.05, 4.69) is 31.9 Å². The van der Waals surface area contributed by atoms with Crippen LogP contribution in [0.1, 0.15) is 35.9 Å². The Balaban J connectivity index is 0.000000320. The quantitative estimate of drug-likeness (QED) is 0.260. The zero-order valence-electron chi connectivity index (χ0n) is 16.2. The second kappa shape index (κ2) is 10.7. The van der Waals surface area contributed by atoms with Crippen LogP contribution in [0.5, 0.6) is 0 Å². The fourth-order valence-corrected chi connectivity index (χ4v) is 3.21. The van der Waals surface area contributed by atoms with Crippen LogP contribution in [-0.2, 0) is 9.59 Å². The lowest BCUT2D eigenvalue weighted by Gasteiger charge is -2.21. The lowest BCUT2D eigenvalue weighted by Crippen LogP contribution is -2.36. The van der Waals surface area contributed by atoms with Crippen molar-refractivity contribution in [1.29, 1.82) is 0 Å². The van der Waals surface area contributed by atoms with Crippen molar-refractivity contribution in [2.75, 3.05) is 0 Å². The van der Waals surface area contributed by atoms with Crippen LogP contribution in [0.15, 0.2) is 45.3 Å². The topological polar surface area (TPSA) is 71.4 Å². The van der Waals surface area contributed by atoms with E-state index in [-0.39, 0.29) is 14.5 Å². The van der Waals surface area contributed by atoms with Gasteiger partial charge in [-0.15, -0.1) is 0 Å². The van der Waals surface area contributed by atoms with Gasteiger partial charge in [0.1, 0.15) is 11.6 Å². The minimum atomic E-state index is -4.08. The maximum absolute atomic E-state index is 13.2. The number of aliphatic hydroxyl groups is 1. The summed E-state index contributed by atoms with van der Waals surface area (Å²) in [4.78, 5) is 32.6. The standard InChI is InChI=1S/C10H8BrF3O2.C10H6BrF3O2/c2*1-5(15)10(13,14)9(16)7-3-2-6(12)4-8(7)11/h2-4,9,16H,1H3;2-4H,1H3. The molecule has 12 heteroatoms. The maximum Gasteiger partial charge on any atom is 0.366 e. The molecule has 32 heavy (non-hydrogen) atoms.